The summed E-state index contributed by atoms with van der Waals surface area (Å²) in [6, 6.07) is 6.85. The van der Waals surface area contributed by atoms with Crippen molar-refractivity contribution in [2.75, 3.05) is 23.7 Å². The first kappa shape index (κ1) is 12.8. The topological polar surface area (TPSA) is 84.4 Å². The van der Waals surface area contributed by atoms with Crippen LogP contribution in [-0.4, -0.2) is 44.5 Å². The van der Waals surface area contributed by atoms with Crippen molar-refractivity contribution in [3.8, 4) is 11.3 Å². The van der Waals surface area contributed by atoms with Gasteiger partial charge in [0.1, 0.15) is 11.5 Å². The number of nitrogens with two attached hydrogens (primary N) is 1. The molecule has 3 aromatic heterocycles. The molecule has 2 saturated heterocycles. The summed E-state index contributed by atoms with van der Waals surface area (Å²) in [5.41, 5.74) is 8.56. The third-order valence-corrected chi connectivity index (χ3v) is 4.76. The van der Waals surface area contributed by atoms with E-state index in [1.165, 1.54) is 6.42 Å². The van der Waals surface area contributed by atoms with Gasteiger partial charge in [0.2, 0.25) is 5.95 Å². The zero-order valence-electron chi connectivity index (χ0n) is 12.6. The highest BCUT2D eigenvalue weighted by Crippen LogP contribution is 2.30. The average molecular weight is 307 g/mol. The molecule has 116 valence electrons. The first-order valence-corrected chi connectivity index (χ1v) is 7.84. The van der Waals surface area contributed by atoms with E-state index in [2.05, 4.69) is 24.6 Å². The Hall–Kier alpha value is -2.67. The van der Waals surface area contributed by atoms with Gasteiger partial charge in [0, 0.05) is 55.4 Å². The van der Waals surface area contributed by atoms with Crippen LogP contribution in [0.1, 0.15) is 6.42 Å². The molecule has 3 aromatic rings. The monoisotopic (exact) mass is 307 g/mol. The Kier molecular flexibility index (Phi) is 2.60. The smallest absolute Gasteiger partial charge is 0.212 e. The minimum Gasteiger partial charge on any atom is -0.384 e. The summed E-state index contributed by atoms with van der Waals surface area (Å²) in [5, 5.41) is 3.53. The Bertz CT molecular complexity index is 887. The number of nitrogen functional groups attached to an aromatic ring is 1. The van der Waals surface area contributed by atoms with E-state index in [0.717, 1.165) is 35.9 Å². The maximum atomic E-state index is 5.82. The fraction of sp³-hybridized carbons (Fsp3) is 0.312. The minimum absolute atomic E-state index is 0.499. The molecule has 0 aliphatic carbocycles. The van der Waals surface area contributed by atoms with Gasteiger partial charge in [0.15, 0.2) is 0 Å². The molecule has 23 heavy (non-hydrogen) atoms. The molecule has 0 unspecified atom stereocenters. The van der Waals surface area contributed by atoms with Crippen LogP contribution in [0.15, 0.2) is 36.8 Å². The molecule has 0 amide bonds. The molecule has 2 aliphatic heterocycles. The molecule has 2 aliphatic rings. The normalized spacial score (nSPS) is 23.0. The molecule has 7 nitrogen and oxygen atoms in total. The van der Waals surface area contributed by atoms with Crippen LogP contribution < -0.4 is 16.0 Å². The first-order chi connectivity index (χ1) is 11.3. The fourth-order valence-electron chi connectivity index (χ4n) is 3.67. The molecule has 0 radical (unpaired) electrons. The van der Waals surface area contributed by atoms with Crippen molar-refractivity contribution < 1.29 is 0 Å². The largest absolute Gasteiger partial charge is 0.384 e. The third-order valence-electron chi connectivity index (χ3n) is 4.76. The molecule has 5 rings (SSSR count). The van der Waals surface area contributed by atoms with E-state index in [4.69, 9.17) is 10.7 Å². The van der Waals surface area contributed by atoms with Crippen LogP contribution in [0.4, 0.5) is 11.8 Å². The number of anilines is 2. The number of hydrogen-bond acceptors (Lipinski definition) is 6. The summed E-state index contributed by atoms with van der Waals surface area (Å²) in [4.78, 5) is 15.8. The maximum absolute atomic E-state index is 5.82. The van der Waals surface area contributed by atoms with Crippen molar-refractivity contribution in [1.29, 1.82) is 0 Å². The second kappa shape index (κ2) is 4.66. The van der Waals surface area contributed by atoms with Gasteiger partial charge in [0.05, 0.1) is 5.69 Å². The number of piperazine rings is 1. The number of fused-ring (bicyclic) bond motifs is 3. The van der Waals surface area contributed by atoms with E-state index in [1.807, 2.05) is 30.6 Å². The number of rotatable bonds is 2. The minimum atomic E-state index is 0.499. The van der Waals surface area contributed by atoms with E-state index in [1.54, 1.807) is 6.20 Å². The predicted octanol–water partition coefficient (Wildman–Crippen LogP) is 0.924. The number of aromatic nitrogens is 4. The zero-order valence-corrected chi connectivity index (χ0v) is 12.6. The Labute approximate surface area is 133 Å². The molecule has 0 aromatic carbocycles. The van der Waals surface area contributed by atoms with Crippen molar-refractivity contribution >= 4 is 17.4 Å². The highest BCUT2D eigenvalue weighted by atomic mass is 15.4. The molecule has 7 heteroatoms. The molecular formula is C16H17N7. The maximum Gasteiger partial charge on any atom is 0.212 e. The second-order valence-corrected chi connectivity index (χ2v) is 6.21. The van der Waals surface area contributed by atoms with Gasteiger partial charge >= 0.3 is 0 Å². The lowest BCUT2D eigenvalue weighted by Gasteiger charge is -2.29. The van der Waals surface area contributed by atoms with Gasteiger partial charge in [-0.05, 0) is 18.6 Å². The molecule has 5 heterocycles. The summed E-state index contributed by atoms with van der Waals surface area (Å²) >= 11 is 0. The Balaban J connectivity index is 1.67. The SMILES string of the molecule is Nc1cc(-c2cc3nccn3c(N3C[C@@H]4C[C@H]3CN4)n2)ccn1. The molecule has 0 saturated carbocycles. The average Bonchev–Trinajstić information content (AvgIpc) is 3.29. The molecule has 2 atom stereocenters. The third kappa shape index (κ3) is 1.97. The van der Waals surface area contributed by atoms with Crippen molar-refractivity contribution in [3.63, 3.8) is 0 Å². The van der Waals surface area contributed by atoms with Crippen molar-refractivity contribution in [2.45, 2.75) is 18.5 Å². The van der Waals surface area contributed by atoms with Crippen LogP contribution >= 0.6 is 0 Å². The molecule has 2 fully saturated rings. The lowest BCUT2D eigenvalue weighted by atomic mass is 10.2. The van der Waals surface area contributed by atoms with Crippen LogP contribution in [0, 0.1) is 0 Å². The van der Waals surface area contributed by atoms with E-state index in [-0.39, 0.29) is 0 Å². The molecule has 3 N–H and O–H groups in total. The van der Waals surface area contributed by atoms with Crippen LogP contribution in [-0.2, 0) is 0 Å². The van der Waals surface area contributed by atoms with E-state index in [9.17, 15) is 0 Å². The highest BCUT2D eigenvalue weighted by molar-refractivity contribution is 5.68. The van der Waals surface area contributed by atoms with Crippen molar-refractivity contribution in [3.05, 3.63) is 36.8 Å². The summed E-state index contributed by atoms with van der Waals surface area (Å²) in [5.74, 6) is 1.46. The van der Waals surface area contributed by atoms with Crippen molar-refractivity contribution in [1.82, 2.24) is 24.7 Å². The van der Waals surface area contributed by atoms with Gasteiger partial charge in [-0.3, -0.25) is 4.40 Å². The summed E-state index contributed by atoms with van der Waals surface area (Å²) in [7, 11) is 0. The Morgan fingerprint density at radius 2 is 2.17 bits per heavy atom. The quantitative estimate of drug-likeness (QED) is 0.732. The summed E-state index contributed by atoms with van der Waals surface area (Å²) < 4.78 is 2.06. The van der Waals surface area contributed by atoms with Crippen LogP contribution in [0.5, 0.6) is 0 Å². The van der Waals surface area contributed by atoms with Gasteiger partial charge in [-0.2, -0.15) is 0 Å². The predicted molar refractivity (Wildman–Crippen MR) is 88.2 cm³/mol. The van der Waals surface area contributed by atoms with Gasteiger partial charge in [-0.25, -0.2) is 15.0 Å². The molecular weight excluding hydrogens is 290 g/mol. The van der Waals surface area contributed by atoms with Crippen LogP contribution in [0.25, 0.3) is 16.9 Å². The standard InChI is InChI=1S/C16H17N7/c17-14-5-10(1-2-18-14)13-7-15-19-3-4-22(15)16(21-13)23-9-11-6-12(23)8-20-11/h1-5,7,11-12,20H,6,8-9H2,(H2,17,18)/t11-,12-/m0/s1. The highest BCUT2D eigenvalue weighted by Gasteiger charge is 2.39. The van der Waals surface area contributed by atoms with Gasteiger partial charge < -0.3 is 16.0 Å². The lowest BCUT2D eigenvalue weighted by Crippen LogP contribution is -2.44. The molecule has 0 spiro atoms. The number of pyridine rings is 1. The second-order valence-electron chi connectivity index (χ2n) is 6.21. The van der Waals surface area contributed by atoms with Crippen LogP contribution in [0.3, 0.4) is 0 Å². The number of hydrogen-bond donors (Lipinski definition) is 2. The molecule has 2 bridgehead atoms. The first-order valence-electron chi connectivity index (χ1n) is 7.84. The van der Waals surface area contributed by atoms with Crippen molar-refractivity contribution in [2.24, 2.45) is 0 Å². The van der Waals surface area contributed by atoms with Gasteiger partial charge in [0.25, 0.3) is 0 Å². The summed E-state index contributed by atoms with van der Waals surface area (Å²) in [6.07, 6.45) is 6.69. The van der Waals surface area contributed by atoms with Gasteiger partial charge in [-0.15, -0.1) is 0 Å². The zero-order chi connectivity index (χ0) is 15.4. The summed E-state index contributed by atoms with van der Waals surface area (Å²) in [6.45, 7) is 2.02. The fourth-order valence-corrected chi connectivity index (χ4v) is 3.67. The lowest BCUT2D eigenvalue weighted by molar-refractivity contribution is 0.570. The Morgan fingerprint density at radius 1 is 1.22 bits per heavy atom. The van der Waals surface area contributed by atoms with E-state index >= 15 is 0 Å². The Morgan fingerprint density at radius 3 is 2.96 bits per heavy atom. The number of imidazole rings is 1. The van der Waals surface area contributed by atoms with E-state index in [0.29, 0.717) is 17.9 Å². The number of nitrogens with zero attached hydrogens (tertiary/aromatic N) is 5. The van der Waals surface area contributed by atoms with Crippen LogP contribution in [0.2, 0.25) is 0 Å². The van der Waals surface area contributed by atoms with Gasteiger partial charge in [-0.1, -0.05) is 0 Å². The van der Waals surface area contributed by atoms with E-state index < -0.39 is 0 Å². The number of nitrogens with one attached hydrogen (secondary N) is 1.